The number of benzene rings is 3. The highest BCUT2D eigenvalue weighted by Gasteiger charge is 2.41. The van der Waals surface area contributed by atoms with E-state index in [1.165, 1.54) is 42.5 Å². The Morgan fingerprint density at radius 2 is 1.72 bits per heavy atom. The van der Waals surface area contributed by atoms with E-state index in [0.717, 1.165) is 18.6 Å². The molecule has 1 aliphatic rings. The third kappa shape index (κ3) is 3.91. The lowest BCUT2D eigenvalue weighted by molar-refractivity contribution is -0.143. The van der Waals surface area contributed by atoms with Crippen molar-refractivity contribution in [3.63, 3.8) is 0 Å². The second-order valence-corrected chi connectivity index (χ2v) is 8.54. The molecule has 14 heteroatoms. The molecular weight excluding hydrogens is 530 g/mol. The molecule has 0 atom stereocenters. The Hall–Kier alpha value is -5.01. The predicted octanol–water partition coefficient (Wildman–Crippen LogP) is 5.82. The number of carbonyl (C=O) groups is 2. The Bertz CT molecular complexity index is 1840. The van der Waals surface area contributed by atoms with Gasteiger partial charge in [0, 0.05) is 33.1 Å². The Kier molecular flexibility index (Phi) is 5.14. The van der Waals surface area contributed by atoms with Crippen molar-refractivity contribution in [2.24, 2.45) is 0 Å². The number of nitrogens with zero attached hydrogens (tertiary/aromatic N) is 4. The van der Waals surface area contributed by atoms with Crippen molar-refractivity contribution in [2.45, 2.75) is 12.4 Å². The summed E-state index contributed by atoms with van der Waals surface area (Å²) in [4.78, 5) is 32.2. The zero-order chi connectivity index (χ0) is 27.7. The summed E-state index contributed by atoms with van der Waals surface area (Å²) in [6.07, 6.45) is -8.43. The maximum absolute atomic E-state index is 14.3. The highest BCUT2D eigenvalue weighted by Crippen LogP contribution is 2.40. The fourth-order valence-electron chi connectivity index (χ4n) is 4.59. The van der Waals surface area contributed by atoms with Crippen molar-refractivity contribution in [3.05, 3.63) is 83.6 Å². The van der Waals surface area contributed by atoms with Crippen molar-refractivity contribution in [1.82, 2.24) is 19.7 Å². The standard InChI is InChI=1S/C25H12F6N6O2/c26-24(27,28)20-14-8-11(4-5-16(14)32-10-33-20)35-23(39)15-9-34-37(21(15)25(29,30)31)18-7-6-17-19-12(18)2-1-3-13(19)22(38)36-17/h1-10H,(H,35,39)(H,36,38). The number of alkyl halides is 6. The van der Waals surface area contributed by atoms with Gasteiger partial charge in [-0.1, -0.05) is 12.1 Å². The monoisotopic (exact) mass is 542 g/mol. The van der Waals surface area contributed by atoms with Gasteiger partial charge in [0.1, 0.15) is 6.33 Å². The number of aromatic nitrogens is 4. The Labute approximate surface area is 213 Å². The molecule has 8 nitrogen and oxygen atoms in total. The largest absolute Gasteiger partial charge is 0.434 e. The van der Waals surface area contributed by atoms with Crippen molar-refractivity contribution < 1.29 is 35.9 Å². The van der Waals surface area contributed by atoms with Gasteiger partial charge in [0.05, 0.1) is 23.0 Å². The van der Waals surface area contributed by atoms with Crippen LogP contribution in [0.4, 0.5) is 37.7 Å². The summed E-state index contributed by atoms with van der Waals surface area (Å²) in [5, 5.41) is 8.93. The molecule has 0 spiro atoms. The molecule has 0 fully saturated rings. The van der Waals surface area contributed by atoms with Gasteiger partial charge in [-0.25, -0.2) is 14.6 Å². The van der Waals surface area contributed by atoms with Gasteiger partial charge in [-0.3, -0.25) is 9.59 Å². The van der Waals surface area contributed by atoms with Gasteiger partial charge in [-0.05, 0) is 36.4 Å². The van der Waals surface area contributed by atoms with Crippen LogP contribution in [0.1, 0.15) is 32.1 Å². The van der Waals surface area contributed by atoms with Crippen LogP contribution in [0.5, 0.6) is 0 Å². The number of hydrogen-bond donors (Lipinski definition) is 2. The molecule has 2 amide bonds. The lowest BCUT2D eigenvalue weighted by Crippen LogP contribution is -2.21. The molecule has 5 aromatic rings. The van der Waals surface area contributed by atoms with E-state index in [9.17, 15) is 35.9 Å². The fourth-order valence-corrected chi connectivity index (χ4v) is 4.59. The Morgan fingerprint density at radius 1 is 0.923 bits per heavy atom. The number of halogens is 6. The number of carbonyl (C=O) groups excluding carboxylic acids is 2. The highest BCUT2D eigenvalue weighted by atomic mass is 19.4. The zero-order valence-corrected chi connectivity index (χ0v) is 19.1. The predicted molar refractivity (Wildman–Crippen MR) is 127 cm³/mol. The normalized spacial score (nSPS) is 13.2. The van der Waals surface area contributed by atoms with Gasteiger partial charge in [-0.15, -0.1) is 0 Å². The molecule has 1 aliphatic heterocycles. The minimum atomic E-state index is -5.05. The van der Waals surface area contributed by atoms with E-state index < -0.39 is 46.5 Å². The van der Waals surface area contributed by atoms with Crippen LogP contribution in [-0.2, 0) is 12.4 Å². The van der Waals surface area contributed by atoms with Gasteiger partial charge >= 0.3 is 12.4 Å². The number of rotatable bonds is 3. The molecule has 6 rings (SSSR count). The second-order valence-electron chi connectivity index (χ2n) is 8.54. The average Bonchev–Trinajstić information content (AvgIpc) is 3.46. The third-order valence-corrected chi connectivity index (χ3v) is 6.18. The van der Waals surface area contributed by atoms with Gasteiger partial charge < -0.3 is 10.6 Å². The minimum absolute atomic E-state index is 0.0313. The zero-order valence-electron chi connectivity index (χ0n) is 19.1. The van der Waals surface area contributed by atoms with Crippen LogP contribution >= 0.6 is 0 Å². The molecule has 2 N–H and O–H groups in total. The molecule has 0 unspecified atom stereocenters. The van der Waals surface area contributed by atoms with Gasteiger partial charge in [-0.2, -0.15) is 31.4 Å². The number of hydrogen-bond acceptors (Lipinski definition) is 5. The van der Waals surface area contributed by atoms with E-state index in [2.05, 4.69) is 25.7 Å². The molecule has 2 aromatic heterocycles. The van der Waals surface area contributed by atoms with E-state index in [-0.39, 0.29) is 27.8 Å². The average molecular weight is 542 g/mol. The SMILES string of the molecule is O=C(Nc1ccc2ncnc(C(F)(F)F)c2c1)c1cnn(-c2ccc3c4c(cccc24)C(=O)N3)c1C(F)(F)F. The fraction of sp³-hybridized carbons (Fsp3) is 0.0800. The summed E-state index contributed by atoms with van der Waals surface area (Å²) in [5.41, 5.74) is -3.13. The van der Waals surface area contributed by atoms with Crippen molar-refractivity contribution in [2.75, 3.05) is 10.6 Å². The van der Waals surface area contributed by atoms with Crippen molar-refractivity contribution >= 4 is 44.9 Å². The summed E-state index contributed by atoms with van der Waals surface area (Å²) in [6, 6.07) is 10.6. The van der Waals surface area contributed by atoms with Crippen LogP contribution in [0.15, 0.2) is 61.1 Å². The first kappa shape index (κ1) is 24.3. The molecule has 0 saturated heterocycles. The lowest BCUT2D eigenvalue weighted by atomic mass is 10.0. The van der Waals surface area contributed by atoms with E-state index >= 15 is 0 Å². The molecule has 0 saturated carbocycles. The van der Waals surface area contributed by atoms with Crippen LogP contribution < -0.4 is 10.6 Å². The van der Waals surface area contributed by atoms with Crippen LogP contribution in [0.25, 0.3) is 27.4 Å². The lowest BCUT2D eigenvalue weighted by Gasteiger charge is -2.15. The first-order chi connectivity index (χ1) is 18.4. The summed E-state index contributed by atoms with van der Waals surface area (Å²) in [5.74, 6) is -1.65. The van der Waals surface area contributed by atoms with Crippen molar-refractivity contribution in [3.8, 4) is 5.69 Å². The van der Waals surface area contributed by atoms with Crippen LogP contribution in [0.2, 0.25) is 0 Å². The molecule has 39 heavy (non-hydrogen) atoms. The molecule has 3 aromatic carbocycles. The molecule has 3 heterocycles. The smallest absolute Gasteiger partial charge is 0.322 e. The summed E-state index contributed by atoms with van der Waals surface area (Å²) >= 11 is 0. The molecular formula is C25H12F6N6O2. The van der Waals surface area contributed by atoms with Crippen LogP contribution in [-0.4, -0.2) is 31.6 Å². The van der Waals surface area contributed by atoms with Crippen LogP contribution in [0.3, 0.4) is 0 Å². The van der Waals surface area contributed by atoms with E-state index in [1.54, 1.807) is 0 Å². The highest BCUT2D eigenvalue weighted by molar-refractivity contribution is 6.25. The first-order valence-electron chi connectivity index (χ1n) is 11.1. The van der Waals surface area contributed by atoms with Crippen LogP contribution in [0, 0.1) is 0 Å². The van der Waals surface area contributed by atoms with Gasteiger partial charge in [0.15, 0.2) is 11.4 Å². The van der Waals surface area contributed by atoms with Crippen molar-refractivity contribution in [1.29, 1.82) is 0 Å². The third-order valence-electron chi connectivity index (χ3n) is 6.18. The number of anilines is 2. The summed E-state index contributed by atoms with van der Waals surface area (Å²) in [7, 11) is 0. The number of amides is 2. The topological polar surface area (TPSA) is 102 Å². The molecule has 196 valence electrons. The molecule has 0 bridgehead atoms. The summed E-state index contributed by atoms with van der Waals surface area (Å²) in [6.45, 7) is 0. The quantitative estimate of drug-likeness (QED) is 0.280. The Balaban J connectivity index is 1.44. The maximum Gasteiger partial charge on any atom is 0.434 e. The number of fused-ring (bicyclic) bond motifs is 1. The minimum Gasteiger partial charge on any atom is -0.322 e. The second kappa shape index (κ2) is 8.24. The first-order valence-corrected chi connectivity index (χ1v) is 11.1. The Morgan fingerprint density at radius 3 is 2.46 bits per heavy atom. The maximum atomic E-state index is 14.3. The van der Waals surface area contributed by atoms with E-state index in [1.807, 2.05) is 0 Å². The van der Waals surface area contributed by atoms with E-state index in [0.29, 0.717) is 15.8 Å². The van der Waals surface area contributed by atoms with E-state index in [4.69, 9.17) is 0 Å². The summed E-state index contributed by atoms with van der Waals surface area (Å²) < 4.78 is 83.6. The molecule has 0 aliphatic carbocycles. The van der Waals surface area contributed by atoms with Gasteiger partial charge in [0.25, 0.3) is 11.8 Å². The number of nitrogens with one attached hydrogen (secondary N) is 2. The van der Waals surface area contributed by atoms with Gasteiger partial charge in [0.2, 0.25) is 0 Å². The molecule has 0 radical (unpaired) electrons.